The first-order valence-electron chi connectivity index (χ1n) is 13.8. The molecule has 0 spiro atoms. The van der Waals surface area contributed by atoms with E-state index in [9.17, 15) is 0 Å². The second kappa shape index (κ2) is 10.7. The van der Waals surface area contributed by atoms with Gasteiger partial charge in [-0.25, -0.2) is 0 Å². The van der Waals surface area contributed by atoms with Crippen LogP contribution in [0, 0.1) is 13.8 Å². The van der Waals surface area contributed by atoms with E-state index >= 15 is 0 Å². The first-order valence-corrected chi connectivity index (χ1v) is 14.9. The van der Waals surface area contributed by atoms with Gasteiger partial charge in [-0.1, -0.05) is 85.6 Å². The van der Waals surface area contributed by atoms with Gasteiger partial charge in [-0.2, -0.15) is 11.8 Å². The van der Waals surface area contributed by atoms with Crippen LogP contribution in [0.15, 0.2) is 109 Å². The molecule has 0 radical (unpaired) electrons. The summed E-state index contributed by atoms with van der Waals surface area (Å²) in [6, 6.07) is 39.8. The molecule has 0 atom stereocenters. The Morgan fingerprint density at radius 3 is 1.21 bits per heavy atom. The van der Waals surface area contributed by atoms with Crippen molar-refractivity contribution in [3.63, 3.8) is 0 Å². The third-order valence-electron chi connectivity index (χ3n) is 7.46. The van der Waals surface area contributed by atoms with Crippen LogP contribution in [0.1, 0.15) is 25.0 Å². The van der Waals surface area contributed by atoms with Crippen LogP contribution in [0.3, 0.4) is 0 Å². The van der Waals surface area contributed by atoms with Crippen molar-refractivity contribution in [3.8, 4) is 11.4 Å². The maximum Gasteiger partial charge on any atom is 0.0548 e. The van der Waals surface area contributed by atoms with Crippen LogP contribution in [0.4, 0.5) is 0 Å². The highest BCUT2D eigenvalue weighted by atomic mass is 32.2. The lowest BCUT2D eigenvalue weighted by Gasteiger charge is -2.09. The van der Waals surface area contributed by atoms with Crippen molar-refractivity contribution in [2.24, 2.45) is 0 Å². The zero-order valence-corrected chi connectivity index (χ0v) is 23.9. The fourth-order valence-corrected chi connectivity index (χ4v) is 6.07. The largest absolute Gasteiger partial charge is 0.309 e. The number of hydrogen-bond acceptors (Lipinski definition) is 1. The number of thioether (sulfide) groups is 1. The Bertz CT molecular complexity index is 1760. The van der Waals surface area contributed by atoms with Gasteiger partial charge in [-0.3, -0.25) is 0 Å². The van der Waals surface area contributed by atoms with E-state index in [4.69, 9.17) is 0 Å². The van der Waals surface area contributed by atoms with Crippen LogP contribution in [-0.2, 0) is 0 Å². The molecular formula is C36H34N2S. The lowest BCUT2D eigenvalue weighted by atomic mass is 10.1. The molecule has 0 bridgehead atoms. The van der Waals surface area contributed by atoms with Gasteiger partial charge in [0.05, 0.1) is 22.1 Å². The molecule has 5 aromatic carbocycles. The summed E-state index contributed by atoms with van der Waals surface area (Å²) in [5.74, 6) is 2.52. The van der Waals surface area contributed by atoms with Crippen LogP contribution >= 0.6 is 11.8 Å². The Morgan fingerprint density at radius 2 is 0.846 bits per heavy atom. The summed E-state index contributed by atoms with van der Waals surface area (Å²) in [6.07, 6.45) is 0. The Kier molecular flexibility index (Phi) is 6.93. The number of para-hydroxylation sites is 2. The molecule has 0 aliphatic heterocycles. The molecule has 2 aromatic heterocycles. The topological polar surface area (TPSA) is 9.86 Å². The molecule has 0 saturated carbocycles. The van der Waals surface area contributed by atoms with Crippen LogP contribution in [0.2, 0.25) is 0 Å². The summed E-state index contributed by atoms with van der Waals surface area (Å²) < 4.78 is 4.81. The highest BCUT2D eigenvalue weighted by molar-refractivity contribution is 7.99. The molecule has 0 fully saturated rings. The smallest absolute Gasteiger partial charge is 0.0548 e. The lowest BCUT2D eigenvalue weighted by Crippen LogP contribution is -1.95. The van der Waals surface area contributed by atoms with Crippen molar-refractivity contribution in [1.82, 2.24) is 9.13 Å². The van der Waals surface area contributed by atoms with Gasteiger partial charge in [-0.15, -0.1) is 0 Å². The van der Waals surface area contributed by atoms with Crippen molar-refractivity contribution >= 4 is 55.4 Å². The average Bonchev–Trinajstić information content (AvgIpc) is 3.48. The van der Waals surface area contributed by atoms with E-state index in [0.717, 1.165) is 0 Å². The Morgan fingerprint density at radius 1 is 0.462 bits per heavy atom. The third-order valence-corrected chi connectivity index (χ3v) is 8.28. The fraction of sp³-hybridized carbons (Fsp3) is 0.167. The van der Waals surface area contributed by atoms with E-state index in [1.165, 1.54) is 77.6 Å². The van der Waals surface area contributed by atoms with Crippen molar-refractivity contribution in [3.05, 3.63) is 120 Å². The van der Waals surface area contributed by atoms with Crippen LogP contribution in [0.25, 0.3) is 55.0 Å². The van der Waals surface area contributed by atoms with E-state index in [0.29, 0.717) is 0 Å². The normalized spacial score (nSPS) is 11.4. The third kappa shape index (κ3) is 4.41. The molecule has 0 aliphatic rings. The molecule has 0 amide bonds. The zero-order chi connectivity index (χ0) is 26.9. The van der Waals surface area contributed by atoms with E-state index in [1.54, 1.807) is 0 Å². The first-order chi connectivity index (χ1) is 19.1. The Hall–Kier alpha value is -3.95. The number of benzene rings is 5. The summed E-state index contributed by atoms with van der Waals surface area (Å²) >= 11 is 1.96. The molecule has 3 heteroatoms. The molecule has 7 aromatic rings. The fourth-order valence-electron chi connectivity index (χ4n) is 5.67. The van der Waals surface area contributed by atoms with Crippen LogP contribution in [0.5, 0.6) is 0 Å². The van der Waals surface area contributed by atoms with Crippen molar-refractivity contribution in [1.29, 1.82) is 0 Å². The van der Waals surface area contributed by atoms with Crippen molar-refractivity contribution in [2.75, 3.05) is 11.5 Å². The maximum absolute atomic E-state index is 2.40. The Balaban J connectivity index is 0.000000510. The molecule has 39 heavy (non-hydrogen) atoms. The van der Waals surface area contributed by atoms with Gasteiger partial charge in [0.1, 0.15) is 0 Å². The molecule has 0 saturated heterocycles. The standard InChI is InChI=1S/C32H24N2.C4H10S/c1-21-11-15-23(16-12-21)33-27-9-5-3-7-25(27)31-29(33)19-20-30-32(31)26-8-4-6-10-28(26)34(30)24-17-13-22(2)14-18-24;1-3-5-4-2/h3-20H,1-2H3;3-4H2,1-2H3. The molecule has 0 unspecified atom stereocenters. The van der Waals surface area contributed by atoms with Crippen molar-refractivity contribution in [2.45, 2.75) is 27.7 Å². The minimum atomic E-state index is 1.19. The number of fused-ring (bicyclic) bond motifs is 7. The van der Waals surface area contributed by atoms with Gasteiger partial charge >= 0.3 is 0 Å². The second-order valence-electron chi connectivity index (χ2n) is 10.0. The zero-order valence-electron chi connectivity index (χ0n) is 23.1. The highest BCUT2D eigenvalue weighted by Gasteiger charge is 2.20. The van der Waals surface area contributed by atoms with E-state index in [1.807, 2.05) is 11.8 Å². The van der Waals surface area contributed by atoms with E-state index in [-0.39, 0.29) is 0 Å². The molecule has 0 aliphatic carbocycles. The molecule has 194 valence electrons. The number of hydrogen-bond donors (Lipinski definition) is 0. The summed E-state index contributed by atoms with van der Waals surface area (Å²) in [5, 5.41) is 5.21. The minimum Gasteiger partial charge on any atom is -0.309 e. The number of aromatic nitrogens is 2. The van der Waals surface area contributed by atoms with E-state index < -0.39 is 0 Å². The second-order valence-corrected chi connectivity index (χ2v) is 11.6. The summed E-state index contributed by atoms with van der Waals surface area (Å²) in [7, 11) is 0. The molecule has 7 rings (SSSR count). The molecule has 0 N–H and O–H groups in total. The number of rotatable bonds is 4. The first kappa shape index (κ1) is 25.3. The average molecular weight is 527 g/mol. The summed E-state index contributed by atoms with van der Waals surface area (Å²) in [5.41, 5.74) is 9.88. The van der Waals surface area contributed by atoms with Gasteiger partial charge in [0, 0.05) is 32.9 Å². The quantitative estimate of drug-likeness (QED) is 0.222. The molecular weight excluding hydrogens is 492 g/mol. The van der Waals surface area contributed by atoms with Crippen LogP contribution < -0.4 is 0 Å². The summed E-state index contributed by atoms with van der Waals surface area (Å²) in [6.45, 7) is 8.63. The highest BCUT2D eigenvalue weighted by Crippen LogP contribution is 2.42. The maximum atomic E-state index is 2.40. The van der Waals surface area contributed by atoms with Gasteiger partial charge in [-0.05, 0) is 73.9 Å². The van der Waals surface area contributed by atoms with Crippen molar-refractivity contribution < 1.29 is 0 Å². The van der Waals surface area contributed by atoms with Gasteiger partial charge in [0.25, 0.3) is 0 Å². The van der Waals surface area contributed by atoms with Gasteiger partial charge < -0.3 is 9.13 Å². The Labute approximate surface area is 234 Å². The van der Waals surface area contributed by atoms with Gasteiger partial charge in [0.2, 0.25) is 0 Å². The number of nitrogens with zero attached hydrogens (tertiary/aromatic N) is 2. The molecule has 2 nitrogen and oxygen atoms in total. The monoisotopic (exact) mass is 526 g/mol. The SMILES string of the molecule is CCSCC.Cc1ccc(-n2c3ccccc3c3c4c5ccccc5n(-c5ccc(C)cc5)c4ccc32)cc1. The summed E-state index contributed by atoms with van der Waals surface area (Å²) in [4.78, 5) is 0. The van der Waals surface area contributed by atoms with Gasteiger partial charge in [0.15, 0.2) is 0 Å². The predicted molar refractivity (Wildman–Crippen MR) is 173 cm³/mol. The van der Waals surface area contributed by atoms with Crippen LogP contribution in [-0.4, -0.2) is 20.6 Å². The minimum absolute atomic E-state index is 1.19. The predicted octanol–water partition coefficient (Wildman–Crippen LogP) is 10.3. The van der Waals surface area contributed by atoms with E-state index in [2.05, 4.69) is 146 Å². The lowest BCUT2D eigenvalue weighted by molar-refractivity contribution is 1.17. The molecule has 2 heterocycles. The number of aryl methyl sites for hydroxylation is 2.